The maximum Gasteiger partial charge on any atom is 0.341 e. The van der Waals surface area contributed by atoms with Gasteiger partial charge in [-0.1, -0.05) is 30.3 Å². The van der Waals surface area contributed by atoms with Crippen molar-refractivity contribution < 1.29 is 31.5 Å². The molecule has 0 unspecified atom stereocenters. The predicted octanol–water partition coefficient (Wildman–Crippen LogP) is 7.27. The number of aryl methyl sites for hydroxylation is 2. The first-order valence-electron chi connectivity index (χ1n) is 11.9. The van der Waals surface area contributed by atoms with E-state index < -0.39 is 47.2 Å². The normalized spacial score (nSPS) is 11.0. The Balaban J connectivity index is 1.63. The number of aromatic nitrogens is 2. The zero-order chi connectivity index (χ0) is 29.3. The third-order valence-electron chi connectivity index (χ3n) is 6.08. The van der Waals surface area contributed by atoms with Crippen LogP contribution in [0.5, 0.6) is 0 Å². The number of nitrogens with one attached hydrogen (secondary N) is 2. The molecule has 2 aromatic heterocycles. The van der Waals surface area contributed by atoms with E-state index in [0.29, 0.717) is 33.2 Å². The van der Waals surface area contributed by atoms with Gasteiger partial charge in [-0.05, 0) is 45.5 Å². The lowest BCUT2D eigenvalue weighted by atomic mass is 10.0. The van der Waals surface area contributed by atoms with Crippen molar-refractivity contribution in [3.63, 3.8) is 0 Å². The van der Waals surface area contributed by atoms with Gasteiger partial charge in [-0.3, -0.25) is 4.68 Å². The van der Waals surface area contributed by atoms with E-state index in [4.69, 9.17) is 17.0 Å². The Labute approximate surface area is 235 Å². The van der Waals surface area contributed by atoms with Gasteiger partial charge in [0.25, 0.3) is 0 Å². The van der Waals surface area contributed by atoms with Crippen LogP contribution in [0.25, 0.3) is 11.1 Å². The molecule has 4 aromatic rings. The summed E-state index contributed by atoms with van der Waals surface area (Å²) in [5.41, 5.74) is 1.86. The summed E-state index contributed by atoms with van der Waals surface area (Å²) in [6.07, 6.45) is 0. The average molecular weight is 595 g/mol. The number of ether oxygens (including phenoxy) is 1. The van der Waals surface area contributed by atoms with Gasteiger partial charge in [0.05, 0.1) is 35.8 Å². The van der Waals surface area contributed by atoms with Gasteiger partial charge in [0.15, 0.2) is 28.4 Å². The smallest absolute Gasteiger partial charge is 0.341 e. The Morgan fingerprint density at radius 2 is 1.57 bits per heavy atom. The fourth-order valence-electron chi connectivity index (χ4n) is 4.20. The summed E-state index contributed by atoms with van der Waals surface area (Å²) >= 11 is 6.79. The van der Waals surface area contributed by atoms with Crippen molar-refractivity contribution in [3.8, 4) is 11.1 Å². The van der Waals surface area contributed by atoms with Crippen molar-refractivity contribution >= 4 is 45.3 Å². The summed E-state index contributed by atoms with van der Waals surface area (Å²) in [4.78, 5) is 13.8. The van der Waals surface area contributed by atoms with Gasteiger partial charge >= 0.3 is 5.97 Å². The fourth-order valence-corrected chi connectivity index (χ4v) is 5.54. The zero-order valence-corrected chi connectivity index (χ0v) is 23.4. The lowest BCUT2D eigenvalue weighted by molar-refractivity contribution is 0.0529. The molecule has 0 aliphatic heterocycles. The molecule has 0 radical (unpaired) electrons. The lowest BCUT2D eigenvalue weighted by Gasteiger charge is -2.13. The molecular formula is C27H23F5N4O2S2. The molecule has 0 saturated carbocycles. The number of nitrogens with zero attached hydrogens (tertiary/aromatic N) is 2. The molecule has 4 rings (SSSR count). The van der Waals surface area contributed by atoms with Gasteiger partial charge < -0.3 is 15.4 Å². The van der Waals surface area contributed by atoms with E-state index in [1.807, 2.05) is 37.3 Å². The minimum Gasteiger partial charge on any atom is -0.462 e. The van der Waals surface area contributed by atoms with Gasteiger partial charge in [-0.2, -0.15) is 5.10 Å². The SMILES string of the molecule is CCOC(=O)c1c(NC(=S)Nc2c(C)nn(Cc3c(F)c(F)c(F)c(F)c3F)c2C)sc(C)c1-c1ccccc1. The van der Waals surface area contributed by atoms with Crippen molar-refractivity contribution in [2.45, 2.75) is 34.2 Å². The van der Waals surface area contributed by atoms with E-state index in [0.717, 1.165) is 15.1 Å². The monoisotopic (exact) mass is 594 g/mol. The molecule has 0 amide bonds. The molecule has 2 heterocycles. The number of halogens is 5. The first kappa shape index (κ1) is 29.2. The van der Waals surface area contributed by atoms with Crippen molar-refractivity contribution in [2.24, 2.45) is 0 Å². The van der Waals surface area contributed by atoms with Crippen LogP contribution in [0.2, 0.25) is 0 Å². The highest BCUT2D eigenvalue weighted by molar-refractivity contribution is 7.80. The highest BCUT2D eigenvalue weighted by Gasteiger charge is 2.28. The number of hydrogen-bond donors (Lipinski definition) is 2. The van der Waals surface area contributed by atoms with E-state index in [1.165, 1.54) is 11.3 Å². The zero-order valence-electron chi connectivity index (χ0n) is 21.7. The molecule has 2 aromatic carbocycles. The number of benzene rings is 2. The maximum atomic E-state index is 14.2. The number of hydrogen-bond acceptors (Lipinski definition) is 5. The summed E-state index contributed by atoms with van der Waals surface area (Å²) in [6.45, 7) is 6.16. The molecule has 6 nitrogen and oxygen atoms in total. The minimum absolute atomic E-state index is 0.0772. The number of carbonyl (C=O) groups excluding carboxylic acids is 1. The van der Waals surface area contributed by atoms with Gasteiger partial charge in [-0.15, -0.1) is 11.3 Å². The molecule has 2 N–H and O–H groups in total. The van der Waals surface area contributed by atoms with Crippen LogP contribution in [0.3, 0.4) is 0 Å². The molecule has 13 heteroatoms. The second-order valence-corrected chi connectivity index (χ2v) is 10.3. The fraction of sp³-hybridized carbons (Fsp3) is 0.222. The first-order chi connectivity index (χ1) is 19.0. The minimum atomic E-state index is -2.23. The van der Waals surface area contributed by atoms with Gasteiger partial charge in [0.2, 0.25) is 5.82 Å². The van der Waals surface area contributed by atoms with E-state index in [2.05, 4.69) is 15.7 Å². The van der Waals surface area contributed by atoms with Crippen molar-refractivity contribution in [1.82, 2.24) is 9.78 Å². The topological polar surface area (TPSA) is 68.2 Å². The number of thiocarbonyl (C=S) groups is 1. The second-order valence-electron chi connectivity index (χ2n) is 8.65. The molecule has 0 fully saturated rings. The molecular weight excluding hydrogens is 571 g/mol. The van der Waals surface area contributed by atoms with Gasteiger partial charge in [0, 0.05) is 10.4 Å². The highest BCUT2D eigenvalue weighted by atomic mass is 32.1. The Morgan fingerprint density at radius 1 is 0.975 bits per heavy atom. The molecule has 40 heavy (non-hydrogen) atoms. The number of carbonyl (C=O) groups is 1. The molecule has 0 atom stereocenters. The summed E-state index contributed by atoms with van der Waals surface area (Å²) < 4.78 is 75.7. The third-order valence-corrected chi connectivity index (χ3v) is 7.31. The quantitative estimate of drug-likeness (QED) is 0.0772. The highest BCUT2D eigenvalue weighted by Crippen LogP contribution is 2.40. The van der Waals surface area contributed by atoms with Crippen LogP contribution in [-0.4, -0.2) is 27.5 Å². The Bertz CT molecular complexity index is 1590. The Hall–Kier alpha value is -3.84. The van der Waals surface area contributed by atoms with Crippen LogP contribution in [0, 0.1) is 49.9 Å². The van der Waals surface area contributed by atoms with Gasteiger partial charge in [0.1, 0.15) is 10.6 Å². The maximum absolute atomic E-state index is 14.2. The Kier molecular flexibility index (Phi) is 8.54. The van der Waals surface area contributed by atoms with Crippen LogP contribution >= 0.6 is 23.6 Å². The number of rotatable bonds is 7. The number of thiophene rings is 1. The molecule has 0 spiro atoms. The molecule has 0 saturated heterocycles. The summed E-state index contributed by atoms with van der Waals surface area (Å²) in [6, 6.07) is 9.34. The lowest BCUT2D eigenvalue weighted by Crippen LogP contribution is -2.21. The van der Waals surface area contributed by atoms with Crippen LogP contribution in [0.1, 0.15) is 39.1 Å². The molecule has 0 aliphatic carbocycles. The average Bonchev–Trinajstić information content (AvgIpc) is 3.39. The first-order valence-corrected chi connectivity index (χ1v) is 13.2. The van der Waals surface area contributed by atoms with Crippen LogP contribution in [0.15, 0.2) is 30.3 Å². The summed E-state index contributed by atoms with van der Waals surface area (Å²) in [7, 11) is 0. The number of anilines is 2. The van der Waals surface area contributed by atoms with E-state index >= 15 is 0 Å². The van der Waals surface area contributed by atoms with Crippen molar-refractivity contribution in [2.75, 3.05) is 17.2 Å². The molecule has 210 valence electrons. The summed E-state index contributed by atoms with van der Waals surface area (Å²) in [5.74, 6) is -10.7. The Morgan fingerprint density at radius 3 is 2.17 bits per heavy atom. The third kappa shape index (κ3) is 5.43. The number of esters is 1. The van der Waals surface area contributed by atoms with Crippen LogP contribution in [-0.2, 0) is 11.3 Å². The van der Waals surface area contributed by atoms with Crippen molar-refractivity contribution in [3.05, 3.63) is 86.8 Å². The van der Waals surface area contributed by atoms with Crippen LogP contribution in [0.4, 0.5) is 32.6 Å². The predicted molar refractivity (Wildman–Crippen MR) is 147 cm³/mol. The molecule has 0 aliphatic rings. The second kappa shape index (κ2) is 11.7. The van der Waals surface area contributed by atoms with Crippen LogP contribution < -0.4 is 10.6 Å². The van der Waals surface area contributed by atoms with E-state index in [-0.39, 0.29) is 11.7 Å². The molecule has 0 bridgehead atoms. The standard InChI is InChI=1S/C27H23F5N4O2S2/c1-5-38-26(37)18-17(15-9-7-6-8-10-15)14(4)40-25(18)34-27(39)33-24-12(2)35-36(13(24)3)11-16-19(28)21(30)23(32)22(31)20(16)29/h6-10H,5,11H2,1-4H3,(H2,33,34,39). The van der Waals surface area contributed by atoms with E-state index in [9.17, 15) is 26.7 Å². The largest absolute Gasteiger partial charge is 0.462 e. The van der Waals surface area contributed by atoms with Gasteiger partial charge in [-0.25, -0.2) is 26.7 Å². The van der Waals surface area contributed by atoms with E-state index in [1.54, 1.807) is 20.8 Å². The summed E-state index contributed by atoms with van der Waals surface area (Å²) in [5, 5.41) is 10.7. The van der Waals surface area contributed by atoms with Crippen molar-refractivity contribution in [1.29, 1.82) is 0 Å².